The molecule has 2 aliphatic heterocycles. The largest absolute Gasteiger partial charge is 0.467 e. The molecule has 0 aromatic carbocycles. The summed E-state index contributed by atoms with van der Waals surface area (Å²) in [7, 11) is 2.66. The van der Waals surface area contributed by atoms with Crippen molar-refractivity contribution in [1.29, 1.82) is 0 Å². The lowest BCUT2D eigenvalue weighted by molar-refractivity contribution is -0.152. The number of ether oxygens (including phenoxy) is 4. The summed E-state index contributed by atoms with van der Waals surface area (Å²) in [6.07, 6.45) is 0.398. The van der Waals surface area contributed by atoms with Crippen LogP contribution < -0.4 is 11.5 Å². The van der Waals surface area contributed by atoms with Gasteiger partial charge in [0.15, 0.2) is 12.2 Å². The molecule has 2 saturated heterocycles. The van der Waals surface area contributed by atoms with Gasteiger partial charge >= 0.3 is 11.9 Å². The molecule has 2 rings (SSSR count). The van der Waals surface area contributed by atoms with E-state index in [1.54, 1.807) is 0 Å². The highest BCUT2D eigenvalue weighted by molar-refractivity contribution is 5.85. The summed E-state index contributed by atoms with van der Waals surface area (Å²) in [6.45, 7) is 1.11. The number of hydrogen-bond donors (Lipinski definition) is 2. The van der Waals surface area contributed by atoms with Crippen molar-refractivity contribution in [3.63, 3.8) is 0 Å². The maximum absolute atomic E-state index is 10.8. The summed E-state index contributed by atoms with van der Waals surface area (Å²) in [5.74, 6) is -0.741. The van der Waals surface area contributed by atoms with Crippen LogP contribution in [0.3, 0.4) is 0 Å². The number of esters is 2. The Bertz CT molecular complexity index is 316. The number of carbonyl (C=O) groups excluding carboxylic acids is 2. The first-order chi connectivity index (χ1) is 9.51. The summed E-state index contributed by atoms with van der Waals surface area (Å²) in [6, 6.07) is -0.375. The molecule has 0 spiro atoms. The van der Waals surface area contributed by atoms with E-state index in [1.165, 1.54) is 14.2 Å². The van der Waals surface area contributed by atoms with E-state index in [0.29, 0.717) is 13.2 Å². The Morgan fingerprint density at radius 1 is 0.864 bits per heavy atom. The van der Waals surface area contributed by atoms with Crippen molar-refractivity contribution >= 4 is 36.8 Å². The van der Waals surface area contributed by atoms with E-state index >= 15 is 0 Å². The first-order valence-corrected chi connectivity index (χ1v) is 6.41. The maximum atomic E-state index is 10.8. The molecule has 0 bridgehead atoms. The minimum Gasteiger partial charge on any atom is -0.467 e. The molecule has 8 nitrogen and oxygen atoms in total. The molecule has 2 aliphatic rings. The van der Waals surface area contributed by atoms with Gasteiger partial charge in [0, 0.05) is 25.3 Å². The molecule has 2 fully saturated rings. The minimum absolute atomic E-state index is 0. The topological polar surface area (TPSA) is 123 Å². The van der Waals surface area contributed by atoms with Gasteiger partial charge in [-0.2, -0.15) is 0 Å². The van der Waals surface area contributed by atoms with Gasteiger partial charge in [0.25, 0.3) is 0 Å². The summed E-state index contributed by atoms with van der Waals surface area (Å²) < 4.78 is 19.0. The number of nitrogens with two attached hydrogens (primary N) is 2. The fourth-order valence-corrected chi connectivity index (χ4v) is 1.93. The van der Waals surface area contributed by atoms with Gasteiger partial charge in [-0.15, -0.1) is 24.8 Å². The van der Waals surface area contributed by atoms with Crippen LogP contribution in [0.5, 0.6) is 0 Å². The summed E-state index contributed by atoms with van der Waals surface area (Å²) in [5, 5.41) is 0. The van der Waals surface area contributed by atoms with E-state index in [1.807, 2.05) is 0 Å². The summed E-state index contributed by atoms with van der Waals surface area (Å²) >= 11 is 0. The number of methoxy groups -OCH3 is 2. The van der Waals surface area contributed by atoms with Crippen molar-refractivity contribution in [1.82, 2.24) is 0 Å². The Morgan fingerprint density at radius 2 is 1.18 bits per heavy atom. The molecule has 4 N–H and O–H groups in total. The van der Waals surface area contributed by atoms with Crippen molar-refractivity contribution in [2.45, 2.75) is 37.1 Å². The van der Waals surface area contributed by atoms with Crippen molar-refractivity contribution in [2.24, 2.45) is 11.5 Å². The Morgan fingerprint density at radius 3 is 1.36 bits per heavy atom. The SMILES string of the molecule is COC(=O)[C@@H]1OCC[C@@H]1N.COC(=O)[C@H]1OCC[C@H]1N.Cl.Cl. The third-order valence-corrected chi connectivity index (χ3v) is 3.14. The molecule has 22 heavy (non-hydrogen) atoms. The van der Waals surface area contributed by atoms with Crippen LogP contribution in [0, 0.1) is 0 Å². The summed E-state index contributed by atoms with van der Waals surface area (Å²) in [4.78, 5) is 21.6. The van der Waals surface area contributed by atoms with Crippen molar-refractivity contribution in [3.05, 3.63) is 0 Å². The van der Waals surface area contributed by atoms with Gasteiger partial charge in [0.2, 0.25) is 0 Å². The van der Waals surface area contributed by atoms with Crippen molar-refractivity contribution in [3.8, 4) is 0 Å². The van der Waals surface area contributed by atoms with Crippen molar-refractivity contribution in [2.75, 3.05) is 27.4 Å². The van der Waals surface area contributed by atoms with Crippen LogP contribution in [-0.2, 0) is 28.5 Å². The molecule has 0 amide bonds. The van der Waals surface area contributed by atoms with Crippen molar-refractivity contribution < 1.29 is 28.5 Å². The second kappa shape index (κ2) is 11.9. The minimum atomic E-state index is -0.537. The first kappa shape index (κ1) is 23.6. The van der Waals surface area contributed by atoms with E-state index < -0.39 is 12.2 Å². The molecule has 4 atom stereocenters. The van der Waals surface area contributed by atoms with E-state index in [-0.39, 0.29) is 48.8 Å². The third kappa shape index (κ3) is 6.64. The van der Waals surface area contributed by atoms with E-state index in [0.717, 1.165) is 12.8 Å². The predicted molar refractivity (Wildman–Crippen MR) is 83.2 cm³/mol. The van der Waals surface area contributed by atoms with Crippen LogP contribution in [0.25, 0.3) is 0 Å². The van der Waals surface area contributed by atoms with Gasteiger partial charge in [0.1, 0.15) is 0 Å². The van der Waals surface area contributed by atoms with E-state index in [2.05, 4.69) is 9.47 Å². The van der Waals surface area contributed by atoms with E-state index in [4.69, 9.17) is 20.9 Å². The number of carbonyl (C=O) groups is 2. The van der Waals surface area contributed by atoms with Gasteiger partial charge in [-0.05, 0) is 12.8 Å². The zero-order valence-electron chi connectivity index (χ0n) is 12.6. The quantitative estimate of drug-likeness (QED) is 0.623. The van der Waals surface area contributed by atoms with E-state index in [9.17, 15) is 9.59 Å². The monoisotopic (exact) mass is 362 g/mol. The Balaban J connectivity index is 0. The van der Waals surface area contributed by atoms with Crippen LogP contribution in [0.4, 0.5) is 0 Å². The average Bonchev–Trinajstić information content (AvgIpc) is 3.06. The van der Waals surface area contributed by atoms with Crippen LogP contribution >= 0.6 is 24.8 Å². The molecule has 2 heterocycles. The smallest absolute Gasteiger partial charge is 0.336 e. The number of rotatable bonds is 2. The summed E-state index contributed by atoms with van der Waals surface area (Å²) in [5.41, 5.74) is 11.1. The lowest BCUT2D eigenvalue weighted by Gasteiger charge is -2.10. The zero-order chi connectivity index (χ0) is 15.1. The number of hydrogen-bond acceptors (Lipinski definition) is 8. The highest BCUT2D eigenvalue weighted by Crippen LogP contribution is 2.12. The third-order valence-electron chi connectivity index (χ3n) is 3.14. The van der Waals surface area contributed by atoms with Crippen LogP contribution in [0.2, 0.25) is 0 Å². The average molecular weight is 363 g/mol. The maximum Gasteiger partial charge on any atom is 0.336 e. The van der Waals surface area contributed by atoms with Crippen LogP contribution in [0.15, 0.2) is 0 Å². The normalized spacial score (nSPS) is 29.3. The Kier molecular flexibility index (Phi) is 12.7. The second-order valence-corrected chi connectivity index (χ2v) is 4.53. The van der Waals surface area contributed by atoms with Crippen LogP contribution in [0.1, 0.15) is 12.8 Å². The van der Waals surface area contributed by atoms with Gasteiger partial charge in [0.05, 0.1) is 14.2 Å². The lowest BCUT2D eigenvalue weighted by atomic mass is 10.1. The fraction of sp³-hybridized carbons (Fsp3) is 0.833. The molecule has 0 aromatic heterocycles. The van der Waals surface area contributed by atoms with Gasteiger partial charge < -0.3 is 30.4 Å². The van der Waals surface area contributed by atoms with Gasteiger partial charge in [-0.1, -0.05) is 0 Å². The molecule has 0 aromatic rings. The van der Waals surface area contributed by atoms with Gasteiger partial charge in [-0.25, -0.2) is 9.59 Å². The molecular formula is C12H24Cl2N2O6. The van der Waals surface area contributed by atoms with Gasteiger partial charge in [-0.3, -0.25) is 0 Å². The molecule has 0 saturated carbocycles. The fourth-order valence-electron chi connectivity index (χ4n) is 1.93. The van der Waals surface area contributed by atoms with Crippen LogP contribution in [-0.4, -0.2) is 63.7 Å². The number of halogens is 2. The Labute approximate surface area is 142 Å². The highest BCUT2D eigenvalue weighted by atomic mass is 35.5. The highest BCUT2D eigenvalue weighted by Gasteiger charge is 2.32. The first-order valence-electron chi connectivity index (χ1n) is 6.41. The lowest BCUT2D eigenvalue weighted by Crippen LogP contribution is -2.37. The molecule has 0 aliphatic carbocycles. The molecular weight excluding hydrogens is 339 g/mol. The standard InChI is InChI=1S/2C6H11NO3.2ClH/c2*1-9-6(8)5-4(7)2-3-10-5;;/h2*4-5H,2-3,7H2,1H3;2*1H/t2*4-,5+;;/m10../s1. The Hall–Kier alpha value is -0.640. The molecule has 0 radical (unpaired) electrons. The molecule has 0 unspecified atom stereocenters. The molecule has 132 valence electrons. The zero-order valence-corrected chi connectivity index (χ0v) is 14.2. The second-order valence-electron chi connectivity index (χ2n) is 4.53. The molecule has 10 heteroatoms. The predicted octanol–water partition coefficient (Wildman–Crippen LogP) is -0.605.